The van der Waals surface area contributed by atoms with Gasteiger partial charge in [-0.05, 0) is 32.9 Å². The van der Waals surface area contributed by atoms with E-state index in [-0.39, 0.29) is 26.7 Å². The number of anilines is 1. The van der Waals surface area contributed by atoms with Gasteiger partial charge in [-0.1, -0.05) is 23.2 Å². The average Bonchev–Trinajstić information content (AvgIpc) is 2.24. The van der Waals surface area contributed by atoms with Gasteiger partial charge in [0.15, 0.2) is 0 Å². The van der Waals surface area contributed by atoms with Crippen molar-refractivity contribution in [1.29, 1.82) is 0 Å². The molecule has 1 amide bonds. The summed E-state index contributed by atoms with van der Waals surface area (Å²) < 4.78 is 26.8. The Morgan fingerprint density at radius 1 is 1.24 bits per heavy atom. The second-order valence-electron chi connectivity index (χ2n) is 4.81. The van der Waals surface area contributed by atoms with Crippen molar-refractivity contribution in [3.63, 3.8) is 0 Å². The minimum atomic E-state index is -4.04. The quantitative estimate of drug-likeness (QED) is 0.702. The summed E-state index contributed by atoms with van der Waals surface area (Å²) in [5, 5.41) is 2.72. The number of amides is 1. The third-order valence-electron chi connectivity index (χ3n) is 2.46. The van der Waals surface area contributed by atoms with Crippen LogP contribution in [0.5, 0.6) is 0 Å². The highest BCUT2D eigenvalue weighted by molar-refractivity contribution is 7.89. The number of sulfonamides is 1. The van der Waals surface area contributed by atoms with E-state index in [2.05, 4.69) is 10.0 Å². The SMILES string of the molecule is CC(C)NC(=O)C(C)NS(=O)(=O)c1c(N)cc(Cl)cc1Cl. The Hall–Kier alpha value is -1.02. The molecular weight excluding hydrogens is 337 g/mol. The fourth-order valence-corrected chi connectivity index (χ4v) is 3.81. The van der Waals surface area contributed by atoms with Gasteiger partial charge in [0.2, 0.25) is 15.9 Å². The zero-order valence-electron chi connectivity index (χ0n) is 11.8. The van der Waals surface area contributed by atoms with Crippen LogP contribution < -0.4 is 15.8 Å². The number of nitrogens with two attached hydrogens (primary N) is 1. The van der Waals surface area contributed by atoms with Crippen LogP contribution in [-0.4, -0.2) is 26.4 Å². The molecule has 0 aromatic heterocycles. The van der Waals surface area contributed by atoms with Crippen LogP contribution in [0.25, 0.3) is 0 Å². The van der Waals surface area contributed by atoms with Crippen LogP contribution in [0.15, 0.2) is 17.0 Å². The van der Waals surface area contributed by atoms with Crippen molar-refractivity contribution in [1.82, 2.24) is 10.0 Å². The van der Waals surface area contributed by atoms with Crippen molar-refractivity contribution < 1.29 is 13.2 Å². The number of rotatable bonds is 5. The molecule has 0 saturated carbocycles. The Balaban J connectivity index is 3.05. The van der Waals surface area contributed by atoms with Crippen LogP contribution in [0.2, 0.25) is 10.0 Å². The number of nitrogens with one attached hydrogen (secondary N) is 2. The molecule has 21 heavy (non-hydrogen) atoms. The Labute approximate surface area is 134 Å². The number of hydrogen-bond acceptors (Lipinski definition) is 4. The second kappa shape index (κ2) is 6.83. The van der Waals surface area contributed by atoms with Crippen molar-refractivity contribution in [2.45, 2.75) is 37.8 Å². The number of nitrogen functional groups attached to an aromatic ring is 1. The predicted octanol–water partition coefficient (Wildman–Crippen LogP) is 1.77. The molecule has 1 rings (SSSR count). The normalized spacial score (nSPS) is 13.2. The summed E-state index contributed by atoms with van der Waals surface area (Å²) in [6.45, 7) is 4.97. The largest absolute Gasteiger partial charge is 0.398 e. The van der Waals surface area contributed by atoms with E-state index >= 15 is 0 Å². The fourth-order valence-electron chi connectivity index (χ4n) is 1.62. The Morgan fingerprint density at radius 2 is 1.81 bits per heavy atom. The molecule has 0 spiro atoms. The lowest BCUT2D eigenvalue weighted by Crippen LogP contribution is -2.46. The first-order valence-electron chi connectivity index (χ1n) is 6.12. The van der Waals surface area contributed by atoms with Gasteiger partial charge >= 0.3 is 0 Å². The van der Waals surface area contributed by atoms with E-state index < -0.39 is 22.0 Å². The third-order valence-corrected chi connectivity index (χ3v) is 4.75. The van der Waals surface area contributed by atoms with E-state index in [9.17, 15) is 13.2 Å². The first-order chi connectivity index (χ1) is 9.54. The standard InChI is InChI=1S/C12H17Cl2N3O3S/c1-6(2)16-12(18)7(3)17-21(19,20)11-9(14)4-8(13)5-10(11)15/h4-7,17H,15H2,1-3H3,(H,16,18). The van der Waals surface area contributed by atoms with E-state index in [0.29, 0.717) is 0 Å². The van der Waals surface area contributed by atoms with Gasteiger partial charge in [0.05, 0.1) is 16.8 Å². The number of carbonyl (C=O) groups excluding carboxylic acids is 1. The van der Waals surface area contributed by atoms with Crippen molar-refractivity contribution in [3.05, 3.63) is 22.2 Å². The van der Waals surface area contributed by atoms with Gasteiger partial charge in [-0.25, -0.2) is 8.42 Å². The Kier molecular flexibility index (Phi) is 5.86. The van der Waals surface area contributed by atoms with Gasteiger partial charge in [0.25, 0.3) is 0 Å². The van der Waals surface area contributed by atoms with E-state index in [0.717, 1.165) is 0 Å². The molecule has 9 heteroatoms. The summed E-state index contributed by atoms with van der Waals surface area (Å²) in [4.78, 5) is 11.5. The number of halogens is 2. The Morgan fingerprint density at radius 3 is 2.29 bits per heavy atom. The lowest BCUT2D eigenvalue weighted by molar-refractivity contribution is -0.122. The fraction of sp³-hybridized carbons (Fsp3) is 0.417. The lowest BCUT2D eigenvalue weighted by Gasteiger charge is -2.17. The number of benzene rings is 1. The van der Waals surface area contributed by atoms with Gasteiger partial charge in [-0.3, -0.25) is 4.79 Å². The molecule has 0 saturated heterocycles. The topological polar surface area (TPSA) is 101 Å². The van der Waals surface area contributed by atoms with Crippen LogP contribution >= 0.6 is 23.2 Å². The molecule has 0 radical (unpaired) electrons. The monoisotopic (exact) mass is 353 g/mol. The Bertz CT molecular complexity index is 624. The summed E-state index contributed by atoms with van der Waals surface area (Å²) in [6, 6.07) is 1.48. The summed E-state index contributed by atoms with van der Waals surface area (Å²) in [5.74, 6) is -0.447. The molecule has 1 aromatic carbocycles. The highest BCUT2D eigenvalue weighted by Crippen LogP contribution is 2.31. The molecule has 1 atom stereocenters. The van der Waals surface area contributed by atoms with Crippen LogP contribution in [0.4, 0.5) is 5.69 Å². The van der Waals surface area contributed by atoms with Crippen molar-refractivity contribution in [2.75, 3.05) is 5.73 Å². The maximum absolute atomic E-state index is 12.3. The molecule has 0 fully saturated rings. The average molecular weight is 354 g/mol. The minimum Gasteiger partial charge on any atom is -0.398 e. The highest BCUT2D eigenvalue weighted by atomic mass is 35.5. The molecule has 118 valence electrons. The van der Waals surface area contributed by atoms with E-state index in [1.54, 1.807) is 13.8 Å². The highest BCUT2D eigenvalue weighted by Gasteiger charge is 2.26. The molecule has 4 N–H and O–H groups in total. The molecule has 1 aromatic rings. The molecule has 0 aliphatic rings. The third kappa shape index (κ3) is 4.74. The van der Waals surface area contributed by atoms with Crippen molar-refractivity contribution in [3.8, 4) is 0 Å². The van der Waals surface area contributed by atoms with Crippen molar-refractivity contribution >= 4 is 44.8 Å². The van der Waals surface area contributed by atoms with Gasteiger partial charge in [0.1, 0.15) is 4.90 Å². The van der Waals surface area contributed by atoms with Crippen LogP contribution in [0.3, 0.4) is 0 Å². The van der Waals surface area contributed by atoms with E-state index in [4.69, 9.17) is 28.9 Å². The number of hydrogen-bond donors (Lipinski definition) is 3. The summed E-state index contributed by atoms with van der Waals surface area (Å²) in [5.41, 5.74) is 5.57. The summed E-state index contributed by atoms with van der Waals surface area (Å²) in [6.07, 6.45) is 0. The smallest absolute Gasteiger partial charge is 0.244 e. The molecule has 0 heterocycles. The van der Waals surface area contributed by atoms with Crippen LogP contribution in [-0.2, 0) is 14.8 Å². The first-order valence-corrected chi connectivity index (χ1v) is 8.35. The van der Waals surface area contributed by atoms with Crippen molar-refractivity contribution in [2.24, 2.45) is 0 Å². The van der Waals surface area contributed by atoms with E-state index in [1.165, 1.54) is 19.1 Å². The maximum Gasteiger partial charge on any atom is 0.244 e. The second-order valence-corrected chi connectivity index (χ2v) is 7.31. The zero-order chi connectivity index (χ0) is 16.4. The molecular formula is C12H17Cl2N3O3S. The molecule has 0 aliphatic carbocycles. The van der Waals surface area contributed by atoms with E-state index in [1.807, 2.05) is 0 Å². The predicted molar refractivity (Wildman–Crippen MR) is 83.9 cm³/mol. The van der Waals surface area contributed by atoms with Crippen LogP contribution in [0, 0.1) is 0 Å². The maximum atomic E-state index is 12.3. The zero-order valence-corrected chi connectivity index (χ0v) is 14.1. The summed E-state index contributed by atoms with van der Waals surface area (Å²) >= 11 is 11.6. The lowest BCUT2D eigenvalue weighted by atomic mass is 10.3. The molecule has 0 bridgehead atoms. The van der Waals surface area contributed by atoms with Gasteiger partial charge in [-0.2, -0.15) is 4.72 Å². The summed E-state index contributed by atoms with van der Waals surface area (Å²) in [7, 11) is -4.04. The van der Waals surface area contributed by atoms with Crippen LogP contribution in [0.1, 0.15) is 20.8 Å². The van der Waals surface area contributed by atoms with Gasteiger partial charge in [0, 0.05) is 11.1 Å². The minimum absolute atomic E-state index is 0.0866. The first kappa shape index (κ1) is 18.0. The van der Waals surface area contributed by atoms with Gasteiger partial charge in [-0.15, -0.1) is 0 Å². The molecule has 6 nitrogen and oxygen atoms in total. The molecule has 1 unspecified atom stereocenters. The molecule has 0 aliphatic heterocycles. The van der Waals surface area contributed by atoms with Gasteiger partial charge < -0.3 is 11.1 Å². The number of carbonyl (C=O) groups is 1.